The molecule has 1 saturated heterocycles. The first-order valence-electron chi connectivity index (χ1n) is 7.49. The zero-order valence-corrected chi connectivity index (χ0v) is 13.4. The molecule has 0 bridgehead atoms. The standard InChI is InChI=1S/C18H19ClN2O/c1-22-18-9-6-15(12-17(18)19)20-13-14-4-7-16(8-5-14)21-10-2-3-11-21/h4-9,12-13H,2-3,10-11H2,1H3. The van der Waals surface area contributed by atoms with Crippen molar-refractivity contribution >= 4 is 29.2 Å². The van der Waals surface area contributed by atoms with E-state index >= 15 is 0 Å². The molecule has 2 aromatic carbocycles. The highest BCUT2D eigenvalue weighted by Gasteiger charge is 2.11. The molecule has 1 aliphatic heterocycles. The van der Waals surface area contributed by atoms with Gasteiger partial charge in [0.1, 0.15) is 5.75 Å². The summed E-state index contributed by atoms with van der Waals surface area (Å²) in [5.41, 5.74) is 3.19. The minimum atomic E-state index is 0.571. The zero-order valence-electron chi connectivity index (χ0n) is 12.6. The molecular formula is C18H19ClN2O. The summed E-state index contributed by atoms with van der Waals surface area (Å²) in [5.74, 6) is 0.663. The topological polar surface area (TPSA) is 24.8 Å². The summed E-state index contributed by atoms with van der Waals surface area (Å²) in [6.07, 6.45) is 4.44. The number of anilines is 1. The number of aliphatic imine (C=N–C) groups is 1. The fraction of sp³-hybridized carbons (Fsp3) is 0.278. The van der Waals surface area contributed by atoms with Gasteiger partial charge in [0.05, 0.1) is 17.8 Å². The maximum atomic E-state index is 6.10. The minimum absolute atomic E-state index is 0.571. The Kier molecular flexibility index (Phi) is 4.64. The molecular weight excluding hydrogens is 296 g/mol. The smallest absolute Gasteiger partial charge is 0.137 e. The van der Waals surface area contributed by atoms with Crippen molar-refractivity contribution in [2.75, 3.05) is 25.1 Å². The Morgan fingerprint density at radius 3 is 2.45 bits per heavy atom. The van der Waals surface area contributed by atoms with Crippen LogP contribution in [-0.2, 0) is 0 Å². The molecule has 0 saturated carbocycles. The van der Waals surface area contributed by atoms with Crippen LogP contribution in [-0.4, -0.2) is 26.4 Å². The molecule has 0 atom stereocenters. The molecule has 114 valence electrons. The van der Waals surface area contributed by atoms with Gasteiger partial charge in [-0.25, -0.2) is 0 Å². The molecule has 3 rings (SSSR count). The van der Waals surface area contributed by atoms with E-state index in [2.05, 4.69) is 34.2 Å². The summed E-state index contributed by atoms with van der Waals surface area (Å²) in [4.78, 5) is 6.88. The van der Waals surface area contributed by atoms with Gasteiger partial charge >= 0.3 is 0 Å². The second-order valence-electron chi connectivity index (χ2n) is 5.36. The highest BCUT2D eigenvalue weighted by molar-refractivity contribution is 6.32. The van der Waals surface area contributed by atoms with E-state index in [1.54, 1.807) is 13.2 Å². The maximum Gasteiger partial charge on any atom is 0.137 e. The largest absolute Gasteiger partial charge is 0.495 e. The van der Waals surface area contributed by atoms with Crippen LogP contribution < -0.4 is 9.64 Å². The Balaban J connectivity index is 1.70. The van der Waals surface area contributed by atoms with Gasteiger partial charge in [0.25, 0.3) is 0 Å². The highest BCUT2D eigenvalue weighted by Crippen LogP contribution is 2.28. The van der Waals surface area contributed by atoms with Crippen LogP contribution >= 0.6 is 11.6 Å². The summed E-state index contributed by atoms with van der Waals surface area (Å²) in [6.45, 7) is 2.33. The van der Waals surface area contributed by atoms with Crippen LogP contribution in [0, 0.1) is 0 Å². The molecule has 0 N–H and O–H groups in total. The molecule has 22 heavy (non-hydrogen) atoms. The molecule has 0 radical (unpaired) electrons. The van der Waals surface area contributed by atoms with Crippen molar-refractivity contribution < 1.29 is 4.74 Å². The van der Waals surface area contributed by atoms with E-state index in [1.165, 1.54) is 18.5 Å². The van der Waals surface area contributed by atoms with Crippen molar-refractivity contribution in [3.05, 3.63) is 53.1 Å². The van der Waals surface area contributed by atoms with Crippen LogP contribution in [0.15, 0.2) is 47.5 Å². The fourth-order valence-corrected chi connectivity index (χ4v) is 2.88. The van der Waals surface area contributed by atoms with Crippen LogP contribution in [0.1, 0.15) is 18.4 Å². The fourth-order valence-electron chi connectivity index (χ4n) is 2.63. The second kappa shape index (κ2) is 6.84. The van der Waals surface area contributed by atoms with E-state index in [9.17, 15) is 0 Å². The van der Waals surface area contributed by atoms with Gasteiger partial charge in [0.2, 0.25) is 0 Å². The molecule has 0 aromatic heterocycles. The van der Waals surface area contributed by atoms with Gasteiger partial charge in [-0.2, -0.15) is 0 Å². The minimum Gasteiger partial charge on any atom is -0.495 e. The maximum absolute atomic E-state index is 6.10. The third-order valence-corrected chi connectivity index (χ3v) is 4.16. The molecule has 0 aliphatic carbocycles. The van der Waals surface area contributed by atoms with Crippen LogP contribution in [0.5, 0.6) is 5.75 Å². The van der Waals surface area contributed by atoms with E-state index in [0.29, 0.717) is 10.8 Å². The number of ether oxygens (including phenoxy) is 1. The third-order valence-electron chi connectivity index (χ3n) is 3.86. The van der Waals surface area contributed by atoms with E-state index in [-0.39, 0.29) is 0 Å². The summed E-state index contributed by atoms with van der Waals surface area (Å²) in [6, 6.07) is 14.0. The van der Waals surface area contributed by atoms with E-state index in [4.69, 9.17) is 16.3 Å². The SMILES string of the molecule is COc1ccc(N=Cc2ccc(N3CCCC3)cc2)cc1Cl. The van der Waals surface area contributed by atoms with Crippen LogP contribution in [0.3, 0.4) is 0 Å². The molecule has 1 aliphatic rings. The number of hydrogen-bond acceptors (Lipinski definition) is 3. The predicted octanol–water partition coefficient (Wildman–Crippen LogP) is 4.70. The van der Waals surface area contributed by atoms with Gasteiger partial charge in [-0.3, -0.25) is 4.99 Å². The lowest BCUT2D eigenvalue weighted by Gasteiger charge is -2.17. The second-order valence-corrected chi connectivity index (χ2v) is 5.77. The van der Waals surface area contributed by atoms with Crippen LogP contribution in [0.25, 0.3) is 0 Å². The van der Waals surface area contributed by atoms with Gasteiger partial charge < -0.3 is 9.64 Å². The van der Waals surface area contributed by atoms with E-state index in [1.807, 2.05) is 18.3 Å². The highest BCUT2D eigenvalue weighted by atomic mass is 35.5. The van der Waals surface area contributed by atoms with Crippen molar-refractivity contribution in [3.8, 4) is 5.75 Å². The van der Waals surface area contributed by atoms with E-state index in [0.717, 1.165) is 24.3 Å². The quantitative estimate of drug-likeness (QED) is 0.764. The molecule has 4 heteroatoms. The number of methoxy groups -OCH3 is 1. The lowest BCUT2D eigenvalue weighted by molar-refractivity contribution is 0.415. The first-order valence-corrected chi connectivity index (χ1v) is 7.87. The normalized spacial score (nSPS) is 14.7. The lowest BCUT2D eigenvalue weighted by atomic mass is 10.2. The average Bonchev–Trinajstić information content (AvgIpc) is 3.08. The molecule has 0 spiro atoms. The zero-order chi connectivity index (χ0) is 15.4. The first kappa shape index (κ1) is 14.9. The van der Waals surface area contributed by atoms with Crippen molar-refractivity contribution in [1.82, 2.24) is 0 Å². The summed E-state index contributed by atoms with van der Waals surface area (Å²) in [5, 5.41) is 0.571. The van der Waals surface area contributed by atoms with Crippen LogP contribution in [0.4, 0.5) is 11.4 Å². The van der Waals surface area contributed by atoms with Crippen LogP contribution in [0.2, 0.25) is 5.02 Å². The molecule has 2 aromatic rings. The third kappa shape index (κ3) is 3.42. The summed E-state index contributed by atoms with van der Waals surface area (Å²) >= 11 is 6.10. The summed E-state index contributed by atoms with van der Waals surface area (Å²) < 4.78 is 5.14. The lowest BCUT2D eigenvalue weighted by Crippen LogP contribution is -2.17. The number of nitrogens with zero attached hydrogens (tertiary/aromatic N) is 2. The molecule has 1 heterocycles. The number of rotatable bonds is 4. The van der Waals surface area contributed by atoms with E-state index < -0.39 is 0 Å². The van der Waals surface area contributed by atoms with Crippen molar-refractivity contribution in [2.24, 2.45) is 4.99 Å². The van der Waals surface area contributed by atoms with Crippen molar-refractivity contribution in [3.63, 3.8) is 0 Å². The molecule has 0 amide bonds. The molecule has 3 nitrogen and oxygen atoms in total. The number of hydrogen-bond donors (Lipinski definition) is 0. The number of halogens is 1. The van der Waals surface area contributed by atoms with Gasteiger partial charge in [-0.15, -0.1) is 0 Å². The Morgan fingerprint density at radius 2 is 1.82 bits per heavy atom. The average molecular weight is 315 g/mol. The van der Waals surface area contributed by atoms with Gasteiger partial charge in [-0.1, -0.05) is 23.7 Å². The Hall–Kier alpha value is -2.00. The Labute approximate surface area is 136 Å². The first-order chi connectivity index (χ1) is 10.8. The predicted molar refractivity (Wildman–Crippen MR) is 93.1 cm³/mol. The number of benzene rings is 2. The van der Waals surface area contributed by atoms with Gasteiger partial charge in [-0.05, 0) is 48.7 Å². The van der Waals surface area contributed by atoms with Gasteiger partial charge in [0.15, 0.2) is 0 Å². The Morgan fingerprint density at radius 1 is 1.09 bits per heavy atom. The van der Waals surface area contributed by atoms with Crippen molar-refractivity contribution in [1.29, 1.82) is 0 Å². The molecule has 1 fully saturated rings. The van der Waals surface area contributed by atoms with Gasteiger partial charge in [0, 0.05) is 25.0 Å². The Bertz CT molecular complexity index is 661. The molecule has 0 unspecified atom stereocenters. The monoisotopic (exact) mass is 314 g/mol. The van der Waals surface area contributed by atoms with Crippen molar-refractivity contribution in [2.45, 2.75) is 12.8 Å². The summed E-state index contributed by atoms with van der Waals surface area (Å²) in [7, 11) is 1.60.